The molecular weight excluding hydrogens is 274 g/mol. The Morgan fingerprint density at radius 2 is 2.25 bits per heavy atom. The Labute approximate surface area is 122 Å². The van der Waals surface area contributed by atoms with Crippen molar-refractivity contribution in [1.82, 2.24) is 4.98 Å². The van der Waals surface area contributed by atoms with E-state index in [9.17, 15) is 4.79 Å². The Balaban J connectivity index is 1.76. The second kappa shape index (κ2) is 5.13. The maximum absolute atomic E-state index is 11.3. The van der Waals surface area contributed by atoms with Crippen molar-refractivity contribution in [3.8, 4) is 0 Å². The predicted molar refractivity (Wildman–Crippen MR) is 80.1 cm³/mol. The van der Waals surface area contributed by atoms with Gasteiger partial charge in [-0.25, -0.2) is 0 Å². The summed E-state index contributed by atoms with van der Waals surface area (Å²) in [6.07, 6.45) is 2.24. The fourth-order valence-electron chi connectivity index (χ4n) is 2.17. The van der Waals surface area contributed by atoms with Crippen molar-refractivity contribution >= 4 is 28.9 Å². The van der Waals surface area contributed by atoms with E-state index < -0.39 is 0 Å². The highest BCUT2D eigenvalue weighted by atomic mass is 35.5. The van der Waals surface area contributed by atoms with E-state index >= 15 is 0 Å². The quantitative estimate of drug-likeness (QED) is 0.912. The third kappa shape index (κ3) is 2.60. The molecule has 2 heterocycles. The molecule has 1 aromatic carbocycles. The van der Waals surface area contributed by atoms with Crippen molar-refractivity contribution in [2.24, 2.45) is 0 Å². The Morgan fingerprint density at radius 3 is 3.00 bits per heavy atom. The number of benzene rings is 1. The van der Waals surface area contributed by atoms with Gasteiger partial charge in [0.15, 0.2) is 0 Å². The standard InChI is InChI=1S/C15H14ClN3O/c1-9-2-3-11(17-7-9)8-18-14-4-10-5-15(20)19-13(10)6-12(14)16/h2-4,6-7,18H,5,8H2,1H3,(H,19,20). The molecule has 0 unspecified atom stereocenters. The van der Waals surface area contributed by atoms with E-state index in [4.69, 9.17) is 11.6 Å². The lowest BCUT2D eigenvalue weighted by Gasteiger charge is -2.10. The van der Waals surface area contributed by atoms with Crippen LogP contribution in [-0.4, -0.2) is 10.9 Å². The Morgan fingerprint density at radius 1 is 1.40 bits per heavy atom. The molecule has 0 saturated heterocycles. The van der Waals surface area contributed by atoms with Crippen LogP contribution in [0.1, 0.15) is 16.8 Å². The molecule has 0 atom stereocenters. The van der Waals surface area contributed by atoms with E-state index in [1.807, 2.05) is 31.3 Å². The number of amides is 1. The normalized spacial score (nSPS) is 13.0. The molecule has 0 spiro atoms. The van der Waals surface area contributed by atoms with Crippen LogP contribution in [0.3, 0.4) is 0 Å². The van der Waals surface area contributed by atoms with Crippen molar-refractivity contribution in [1.29, 1.82) is 0 Å². The summed E-state index contributed by atoms with van der Waals surface area (Å²) < 4.78 is 0. The summed E-state index contributed by atoms with van der Waals surface area (Å²) >= 11 is 6.21. The number of nitrogens with one attached hydrogen (secondary N) is 2. The first kappa shape index (κ1) is 12.9. The van der Waals surface area contributed by atoms with Gasteiger partial charge in [-0.15, -0.1) is 0 Å². The second-order valence-electron chi connectivity index (χ2n) is 4.89. The Bertz CT molecular complexity index is 668. The summed E-state index contributed by atoms with van der Waals surface area (Å²) in [5.74, 6) is 0.00779. The van der Waals surface area contributed by atoms with Gasteiger partial charge in [0.1, 0.15) is 0 Å². The zero-order valence-electron chi connectivity index (χ0n) is 11.0. The zero-order valence-corrected chi connectivity index (χ0v) is 11.8. The molecule has 0 bridgehead atoms. The number of rotatable bonds is 3. The van der Waals surface area contributed by atoms with Crippen molar-refractivity contribution < 1.29 is 4.79 Å². The minimum absolute atomic E-state index is 0.00779. The summed E-state index contributed by atoms with van der Waals surface area (Å²) in [5, 5.41) is 6.64. The molecule has 1 aliphatic heterocycles. The van der Waals surface area contributed by atoms with Gasteiger partial charge in [0.25, 0.3) is 0 Å². The third-order valence-electron chi connectivity index (χ3n) is 3.25. The molecule has 2 aromatic rings. The van der Waals surface area contributed by atoms with Gasteiger partial charge in [0.05, 0.1) is 29.4 Å². The number of nitrogens with zero attached hydrogens (tertiary/aromatic N) is 1. The highest BCUT2D eigenvalue weighted by Gasteiger charge is 2.19. The highest BCUT2D eigenvalue weighted by molar-refractivity contribution is 6.33. The zero-order chi connectivity index (χ0) is 14.1. The summed E-state index contributed by atoms with van der Waals surface area (Å²) in [6, 6.07) is 7.71. The first-order chi connectivity index (χ1) is 9.61. The number of carbonyl (C=O) groups is 1. The molecule has 3 rings (SSSR count). The van der Waals surface area contributed by atoms with Gasteiger partial charge in [-0.3, -0.25) is 9.78 Å². The Kier molecular flexibility index (Phi) is 3.32. The van der Waals surface area contributed by atoms with Gasteiger partial charge in [-0.2, -0.15) is 0 Å². The largest absolute Gasteiger partial charge is 0.378 e. The number of anilines is 2. The number of aryl methyl sites for hydroxylation is 1. The summed E-state index contributed by atoms with van der Waals surface area (Å²) in [6.45, 7) is 2.60. The Hall–Kier alpha value is -2.07. The molecule has 1 aliphatic rings. The second-order valence-corrected chi connectivity index (χ2v) is 5.30. The number of pyridine rings is 1. The number of carbonyl (C=O) groups excluding carboxylic acids is 1. The minimum Gasteiger partial charge on any atom is -0.378 e. The summed E-state index contributed by atoms with van der Waals surface area (Å²) in [7, 11) is 0. The molecule has 1 amide bonds. The first-order valence-electron chi connectivity index (χ1n) is 6.39. The maximum atomic E-state index is 11.3. The smallest absolute Gasteiger partial charge is 0.228 e. The number of hydrogen-bond donors (Lipinski definition) is 2. The van der Waals surface area contributed by atoms with Crippen molar-refractivity contribution in [3.63, 3.8) is 0 Å². The lowest BCUT2D eigenvalue weighted by atomic mass is 10.1. The van der Waals surface area contributed by atoms with Gasteiger partial charge in [-0.1, -0.05) is 17.7 Å². The van der Waals surface area contributed by atoms with E-state index in [1.54, 1.807) is 6.07 Å². The molecule has 4 nitrogen and oxygen atoms in total. The fraction of sp³-hybridized carbons (Fsp3) is 0.200. The first-order valence-corrected chi connectivity index (χ1v) is 6.77. The van der Waals surface area contributed by atoms with Crippen LogP contribution in [0.2, 0.25) is 5.02 Å². The molecular formula is C15H14ClN3O. The van der Waals surface area contributed by atoms with Crippen LogP contribution in [-0.2, 0) is 17.8 Å². The van der Waals surface area contributed by atoms with Crippen molar-refractivity contribution in [3.05, 3.63) is 52.3 Å². The van der Waals surface area contributed by atoms with Gasteiger partial charge in [0.2, 0.25) is 5.91 Å². The minimum atomic E-state index is 0.00779. The molecule has 0 fully saturated rings. The molecule has 5 heteroatoms. The van der Waals surface area contributed by atoms with Crippen LogP contribution in [0.5, 0.6) is 0 Å². The number of fused-ring (bicyclic) bond motifs is 1. The fourth-order valence-corrected chi connectivity index (χ4v) is 2.40. The summed E-state index contributed by atoms with van der Waals surface area (Å²) in [5.41, 5.74) is 4.68. The van der Waals surface area contributed by atoms with Crippen LogP contribution in [0.4, 0.5) is 11.4 Å². The lowest BCUT2D eigenvalue weighted by molar-refractivity contribution is -0.115. The van der Waals surface area contributed by atoms with Crippen LogP contribution in [0.25, 0.3) is 0 Å². The van der Waals surface area contributed by atoms with Gasteiger partial charge < -0.3 is 10.6 Å². The van der Waals surface area contributed by atoms with Crippen molar-refractivity contribution in [2.45, 2.75) is 19.9 Å². The van der Waals surface area contributed by atoms with E-state index in [1.165, 1.54) is 0 Å². The highest BCUT2D eigenvalue weighted by Crippen LogP contribution is 2.32. The molecule has 0 aliphatic carbocycles. The molecule has 0 radical (unpaired) electrons. The van der Waals surface area contributed by atoms with Gasteiger partial charge in [0, 0.05) is 11.9 Å². The number of halogens is 1. The van der Waals surface area contributed by atoms with Crippen LogP contribution < -0.4 is 10.6 Å². The van der Waals surface area contributed by atoms with E-state index in [-0.39, 0.29) is 5.91 Å². The van der Waals surface area contributed by atoms with Gasteiger partial charge >= 0.3 is 0 Å². The van der Waals surface area contributed by atoms with Gasteiger partial charge in [-0.05, 0) is 36.2 Å². The molecule has 20 heavy (non-hydrogen) atoms. The van der Waals surface area contributed by atoms with E-state index in [0.717, 1.165) is 28.2 Å². The maximum Gasteiger partial charge on any atom is 0.228 e. The SMILES string of the molecule is Cc1ccc(CNc2cc3c(cc2Cl)NC(=O)C3)nc1. The average molecular weight is 288 g/mol. The van der Waals surface area contributed by atoms with Crippen LogP contribution in [0.15, 0.2) is 30.5 Å². The average Bonchev–Trinajstić information content (AvgIpc) is 2.77. The molecule has 0 saturated carbocycles. The van der Waals surface area contributed by atoms with Crippen LogP contribution >= 0.6 is 11.6 Å². The van der Waals surface area contributed by atoms with E-state index in [2.05, 4.69) is 15.6 Å². The number of aromatic nitrogens is 1. The van der Waals surface area contributed by atoms with E-state index in [0.29, 0.717) is 18.0 Å². The monoisotopic (exact) mass is 287 g/mol. The molecule has 2 N–H and O–H groups in total. The van der Waals surface area contributed by atoms with Crippen molar-refractivity contribution in [2.75, 3.05) is 10.6 Å². The summed E-state index contributed by atoms with van der Waals surface area (Å²) in [4.78, 5) is 15.7. The number of hydrogen-bond acceptors (Lipinski definition) is 3. The third-order valence-corrected chi connectivity index (χ3v) is 3.56. The lowest BCUT2D eigenvalue weighted by Crippen LogP contribution is -2.03. The molecule has 1 aromatic heterocycles. The van der Waals surface area contributed by atoms with Crippen LogP contribution in [0, 0.1) is 6.92 Å². The topological polar surface area (TPSA) is 54.0 Å². The predicted octanol–water partition coefficient (Wildman–Crippen LogP) is 3.15. The molecule has 102 valence electrons.